The number of nitrogens with zero attached hydrogens (tertiary/aromatic N) is 1. The summed E-state index contributed by atoms with van der Waals surface area (Å²) in [7, 11) is 0. The average Bonchev–Trinajstić information content (AvgIpc) is 2.93. The standard InChI is InChI=1S/C23H36N.ClH/c1-6-19-15-23(13-8-7-9-14-23)16-24(19)22-20(17(2)3)11-10-12-21(22)18(4)5;/h10-12,16-19H,6-9,13-15H2,1-5H3;1H/q+1;/p-1/i6D;. The second-order valence-corrected chi connectivity index (χ2v) is 8.66. The van der Waals surface area contributed by atoms with Crippen molar-refractivity contribution in [1.29, 1.82) is 0 Å². The van der Waals surface area contributed by atoms with Gasteiger partial charge in [0.2, 0.25) is 5.69 Å². The molecule has 0 radical (unpaired) electrons. The number of benzene rings is 1. The van der Waals surface area contributed by atoms with Gasteiger partial charge in [-0.05, 0) is 24.7 Å². The number of hydrogen-bond acceptors (Lipinski definition) is 0. The molecule has 2 heteroatoms. The summed E-state index contributed by atoms with van der Waals surface area (Å²) in [5.74, 6) is 1.01. The molecule has 0 amide bonds. The summed E-state index contributed by atoms with van der Waals surface area (Å²) < 4.78 is 11.1. The van der Waals surface area contributed by atoms with Gasteiger partial charge in [-0.1, -0.05) is 72.1 Å². The van der Waals surface area contributed by atoms with E-state index in [1.807, 2.05) is 0 Å². The first-order chi connectivity index (χ1) is 11.8. The molecule has 1 spiro atoms. The molecule has 140 valence electrons. The summed E-state index contributed by atoms with van der Waals surface area (Å²) in [5.41, 5.74) is 4.65. The summed E-state index contributed by atoms with van der Waals surface area (Å²) in [6.45, 7) is 11.3. The second-order valence-electron chi connectivity index (χ2n) is 8.66. The van der Waals surface area contributed by atoms with Crippen molar-refractivity contribution < 1.29 is 18.4 Å². The predicted octanol–water partition coefficient (Wildman–Crippen LogP) is 3.79. The Morgan fingerprint density at radius 2 is 1.64 bits per heavy atom. The van der Waals surface area contributed by atoms with Crippen LogP contribution in [0, 0.1) is 5.41 Å². The van der Waals surface area contributed by atoms with E-state index < -0.39 is 0 Å². The quantitative estimate of drug-likeness (QED) is 0.717. The summed E-state index contributed by atoms with van der Waals surface area (Å²) in [6.07, 6.45) is 10.4. The highest BCUT2D eigenvalue weighted by Gasteiger charge is 2.46. The van der Waals surface area contributed by atoms with E-state index in [9.17, 15) is 0 Å². The number of para-hydroxylation sites is 1. The first kappa shape index (κ1) is 19.0. The molecule has 2 unspecified atom stereocenters. The van der Waals surface area contributed by atoms with Crippen molar-refractivity contribution in [2.24, 2.45) is 5.41 Å². The predicted molar refractivity (Wildman–Crippen MR) is 105 cm³/mol. The molecule has 1 fully saturated rings. The van der Waals surface area contributed by atoms with Gasteiger partial charge >= 0.3 is 0 Å². The molecule has 1 nitrogen and oxygen atoms in total. The highest BCUT2D eigenvalue weighted by molar-refractivity contribution is 5.66. The number of halogens is 1. The van der Waals surface area contributed by atoms with Crippen LogP contribution in [0.1, 0.15) is 104 Å². The topological polar surface area (TPSA) is 3.01 Å². The van der Waals surface area contributed by atoms with Crippen LogP contribution < -0.4 is 12.4 Å². The minimum absolute atomic E-state index is 0. The molecule has 1 aromatic carbocycles. The van der Waals surface area contributed by atoms with E-state index in [2.05, 4.69) is 63.6 Å². The van der Waals surface area contributed by atoms with E-state index in [1.54, 1.807) is 0 Å². The lowest BCUT2D eigenvalue weighted by molar-refractivity contribution is -0.473. The van der Waals surface area contributed by atoms with Crippen molar-refractivity contribution in [2.75, 3.05) is 0 Å². The lowest BCUT2D eigenvalue weighted by Gasteiger charge is -2.27. The van der Waals surface area contributed by atoms with Gasteiger partial charge in [0, 0.05) is 25.3 Å². The van der Waals surface area contributed by atoms with Gasteiger partial charge in [-0.2, -0.15) is 4.58 Å². The minimum atomic E-state index is -0.0576. The monoisotopic (exact) mass is 362 g/mol. The fourth-order valence-electron chi connectivity index (χ4n) is 4.87. The maximum Gasteiger partial charge on any atom is 0.212 e. The summed E-state index contributed by atoms with van der Waals surface area (Å²) in [5, 5.41) is 0. The molecular weight excluding hydrogens is 326 g/mol. The third-order valence-corrected chi connectivity index (χ3v) is 6.22. The average molecular weight is 363 g/mol. The molecule has 25 heavy (non-hydrogen) atoms. The molecular formula is C23H36ClN. The van der Waals surface area contributed by atoms with E-state index >= 15 is 0 Å². The zero-order valence-corrected chi connectivity index (χ0v) is 17.4. The Hall–Kier alpha value is -0.820. The van der Waals surface area contributed by atoms with Gasteiger partial charge in [0.25, 0.3) is 0 Å². The SMILES string of the molecule is [2H]C(C)C1CC2(C=[N+]1c1c(C(C)C)cccc1C(C)C)CCCCC2.[Cl-]. The van der Waals surface area contributed by atoms with Gasteiger partial charge in [0.1, 0.15) is 0 Å². The largest absolute Gasteiger partial charge is 1.00 e. The van der Waals surface area contributed by atoms with E-state index in [0.29, 0.717) is 23.3 Å². The Kier molecular flexibility index (Phi) is 6.25. The Bertz CT molecular complexity index is 615. The zero-order chi connectivity index (χ0) is 18.2. The van der Waals surface area contributed by atoms with E-state index in [1.165, 1.54) is 55.3 Å². The number of rotatable bonds is 4. The Labute approximate surface area is 162 Å². The van der Waals surface area contributed by atoms with Gasteiger partial charge < -0.3 is 12.4 Å². The van der Waals surface area contributed by atoms with Gasteiger partial charge in [-0.15, -0.1) is 0 Å². The van der Waals surface area contributed by atoms with Crippen LogP contribution in [0.15, 0.2) is 18.2 Å². The van der Waals surface area contributed by atoms with Crippen molar-refractivity contribution in [3.63, 3.8) is 0 Å². The Morgan fingerprint density at radius 1 is 1.08 bits per heavy atom. The van der Waals surface area contributed by atoms with Crippen molar-refractivity contribution >= 4 is 11.9 Å². The molecule has 1 saturated carbocycles. The lowest BCUT2D eigenvalue weighted by Crippen LogP contribution is -3.00. The van der Waals surface area contributed by atoms with Gasteiger partial charge in [0.15, 0.2) is 12.3 Å². The maximum absolute atomic E-state index is 8.55. The molecule has 1 aromatic rings. The normalized spacial score (nSPS) is 24.2. The fraction of sp³-hybridized carbons (Fsp3) is 0.696. The first-order valence-electron chi connectivity index (χ1n) is 10.6. The van der Waals surface area contributed by atoms with Crippen LogP contribution in [0.2, 0.25) is 0 Å². The third-order valence-electron chi connectivity index (χ3n) is 6.22. The first-order valence-corrected chi connectivity index (χ1v) is 10.0. The van der Waals surface area contributed by atoms with Crippen LogP contribution in [-0.2, 0) is 0 Å². The Morgan fingerprint density at radius 3 is 2.12 bits per heavy atom. The van der Waals surface area contributed by atoms with Crippen molar-refractivity contribution in [1.82, 2.24) is 0 Å². The highest BCUT2D eigenvalue weighted by atomic mass is 35.5. The molecule has 2 aliphatic rings. The fourth-order valence-corrected chi connectivity index (χ4v) is 4.87. The van der Waals surface area contributed by atoms with Crippen LogP contribution in [-0.4, -0.2) is 16.8 Å². The van der Waals surface area contributed by atoms with Gasteiger partial charge in [-0.25, -0.2) is 0 Å². The van der Waals surface area contributed by atoms with E-state index in [0.717, 1.165) is 0 Å². The molecule has 0 saturated heterocycles. The summed E-state index contributed by atoms with van der Waals surface area (Å²) >= 11 is 0. The molecule has 1 heterocycles. The van der Waals surface area contributed by atoms with Crippen LogP contribution in [0.25, 0.3) is 0 Å². The van der Waals surface area contributed by atoms with Crippen LogP contribution in [0.3, 0.4) is 0 Å². The summed E-state index contributed by atoms with van der Waals surface area (Å²) in [4.78, 5) is 0. The van der Waals surface area contributed by atoms with Crippen molar-refractivity contribution in [2.45, 2.75) is 97.4 Å². The van der Waals surface area contributed by atoms with Gasteiger partial charge in [0.05, 0.1) is 5.41 Å². The molecule has 0 N–H and O–H groups in total. The molecule has 1 aliphatic carbocycles. The van der Waals surface area contributed by atoms with E-state index in [4.69, 9.17) is 1.37 Å². The molecule has 1 aliphatic heterocycles. The minimum Gasteiger partial charge on any atom is -1.00 e. The highest BCUT2D eigenvalue weighted by Crippen LogP contribution is 2.46. The second kappa shape index (κ2) is 8.25. The van der Waals surface area contributed by atoms with Crippen LogP contribution in [0.4, 0.5) is 5.69 Å². The van der Waals surface area contributed by atoms with Crippen molar-refractivity contribution in [3.8, 4) is 0 Å². The Balaban J connectivity index is 0.00000243. The molecule has 0 aromatic heterocycles. The van der Waals surface area contributed by atoms with Crippen LogP contribution in [0.5, 0.6) is 0 Å². The molecule has 3 rings (SSSR count). The zero-order valence-electron chi connectivity index (χ0n) is 17.7. The molecule has 0 bridgehead atoms. The lowest BCUT2D eigenvalue weighted by atomic mass is 9.73. The maximum atomic E-state index is 8.55. The molecule has 2 atom stereocenters. The third kappa shape index (κ3) is 3.97. The van der Waals surface area contributed by atoms with E-state index in [-0.39, 0.29) is 18.8 Å². The number of hydrogen-bond donors (Lipinski definition) is 0. The summed E-state index contributed by atoms with van der Waals surface area (Å²) in [6, 6.07) is 7.14. The smallest absolute Gasteiger partial charge is 0.212 e. The van der Waals surface area contributed by atoms with Crippen LogP contribution >= 0.6 is 0 Å². The van der Waals surface area contributed by atoms with Gasteiger partial charge in [-0.3, -0.25) is 0 Å². The van der Waals surface area contributed by atoms with Crippen molar-refractivity contribution in [3.05, 3.63) is 29.3 Å².